The molecule has 2 aliphatic rings. The smallest absolute Gasteiger partial charge is 0.234 e. The van der Waals surface area contributed by atoms with Crippen LogP contribution >= 0.6 is 0 Å². The molecule has 2 saturated heterocycles. The van der Waals surface area contributed by atoms with E-state index in [1.807, 2.05) is 17.0 Å². The maximum Gasteiger partial charge on any atom is 0.234 e. The maximum absolute atomic E-state index is 12.2. The largest absolute Gasteiger partial charge is 0.493 e. The Labute approximate surface area is 179 Å². The third-order valence-electron chi connectivity index (χ3n) is 5.78. The molecule has 166 valence electrons. The van der Waals surface area contributed by atoms with E-state index in [1.54, 1.807) is 14.2 Å². The van der Waals surface area contributed by atoms with Crippen LogP contribution < -0.4 is 14.8 Å². The Morgan fingerprint density at radius 1 is 1.03 bits per heavy atom. The minimum absolute atomic E-state index is 0.0658. The Morgan fingerprint density at radius 3 is 2.43 bits per heavy atom. The molecule has 1 aromatic carbocycles. The van der Waals surface area contributed by atoms with Crippen LogP contribution in [-0.2, 0) is 16.1 Å². The van der Waals surface area contributed by atoms with Crippen molar-refractivity contribution < 1.29 is 19.1 Å². The second-order valence-corrected chi connectivity index (χ2v) is 7.93. The minimum atomic E-state index is 0.0658. The Bertz CT molecular complexity index is 719. The van der Waals surface area contributed by atoms with Crippen molar-refractivity contribution in [1.82, 2.24) is 20.0 Å². The van der Waals surface area contributed by atoms with Gasteiger partial charge in [-0.3, -0.25) is 19.4 Å². The van der Waals surface area contributed by atoms with Gasteiger partial charge in [0.2, 0.25) is 11.8 Å². The minimum Gasteiger partial charge on any atom is -0.493 e. The Kier molecular flexibility index (Phi) is 8.33. The summed E-state index contributed by atoms with van der Waals surface area (Å²) in [6, 6.07) is 6.03. The van der Waals surface area contributed by atoms with Crippen LogP contribution in [0.3, 0.4) is 0 Å². The van der Waals surface area contributed by atoms with Crippen molar-refractivity contribution in [2.45, 2.75) is 25.8 Å². The predicted octanol–water partition coefficient (Wildman–Crippen LogP) is 0.950. The first-order chi connectivity index (χ1) is 14.6. The highest BCUT2D eigenvalue weighted by atomic mass is 16.5. The third kappa shape index (κ3) is 6.34. The number of carbonyl (C=O) groups excluding carboxylic acids is 2. The average Bonchev–Trinajstić information content (AvgIpc) is 3.17. The molecule has 30 heavy (non-hydrogen) atoms. The molecular weight excluding hydrogens is 384 g/mol. The van der Waals surface area contributed by atoms with Gasteiger partial charge in [0.1, 0.15) is 0 Å². The highest BCUT2D eigenvalue weighted by Gasteiger charge is 2.21. The first-order valence-electron chi connectivity index (χ1n) is 10.8. The molecule has 1 N–H and O–H groups in total. The van der Waals surface area contributed by atoms with Gasteiger partial charge in [0, 0.05) is 58.8 Å². The van der Waals surface area contributed by atoms with Crippen molar-refractivity contribution in [1.29, 1.82) is 0 Å². The molecule has 0 aromatic heterocycles. The average molecular weight is 419 g/mol. The number of hydrogen-bond acceptors (Lipinski definition) is 6. The van der Waals surface area contributed by atoms with Crippen molar-refractivity contribution in [3.05, 3.63) is 23.8 Å². The zero-order valence-corrected chi connectivity index (χ0v) is 18.2. The Balaban J connectivity index is 1.32. The highest BCUT2D eigenvalue weighted by Crippen LogP contribution is 2.28. The lowest BCUT2D eigenvalue weighted by Gasteiger charge is -2.34. The van der Waals surface area contributed by atoms with Gasteiger partial charge in [0.15, 0.2) is 11.5 Å². The summed E-state index contributed by atoms with van der Waals surface area (Å²) in [5.41, 5.74) is 1.19. The first kappa shape index (κ1) is 22.4. The molecule has 0 atom stereocenters. The molecule has 0 bridgehead atoms. The van der Waals surface area contributed by atoms with Crippen molar-refractivity contribution >= 4 is 11.8 Å². The van der Waals surface area contributed by atoms with Crippen LogP contribution in [0.4, 0.5) is 0 Å². The van der Waals surface area contributed by atoms with Crippen LogP contribution in [0.15, 0.2) is 18.2 Å². The summed E-state index contributed by atoms with van der Waals surface area (Å²) in [6.07, 6.45) is 2.45. The van der Waals surface area contributed by atoms with E-state index in [0.29, 0.717) is 19.5 Å². The maximum atomic E-state index is 12.2. The van der Waals surface area contributed by atoms with E-state index in [9.17, 15) is 9.59 Å². The molecule has 8 nitrogen and oxygen atoms in total. The van der Waals surface area contributed by atoms with Gasteiger partial charge < -0.3 is 19.7 Å². The summed E-state index contributed by atoms with van der Waals surface area (Å²) < 4.78 is 10.7. The van der Waals surface area contributed by atoms with E-state index in [0.717, 1.165) is 70.2 Å². The number of carbonyl (C=O) groups is 2. The molecular formula is C22H34N4O4. The lowest BCUT2D eigenvalue weighted by Crippen LogP contribution is -2.49. The second-order valence-electron chi connectivity index (χ2n) is 7.93. The first-order valence-corrected chi connectivity index (χ1v) is 10.8. The zero-order valence-electron chi connectivity index (χ0n) is 18.2. The van der Waals surface area contributed by atoms with Crippen LogP contribution in [0, 0.1) is 0 Å². The number of rotatable bonds is 10. The number of methoxy groups -OCH3 is 2. The van der Waals surface area contributed by atoms with E-state index in [-0.39, 0.29) is 11.8 Å². The quantitative estimate of drug-likeness (QED) is 0.571. The van der Waals surface area contributed by atoms with Crippen LogP contribution in [0.25, 0.3) is 0 Å². The third-order valence-corrected chi connectivity index (χ3v) is 5.78. The van der Waals surface area contributed by atoms with Gasteiger partial charge in [-0.15, -0.1) is 0 Å². The fourth-order valence-electron chi connectivity index (χ4n) is 4.04. The lowest BCUT2D eigenvalue weighted by molar-refractivity contribution is -0.127. The van der Waals surface area contributed by atoms with Crippen LogP contribution in [0.2, 0.25) is 0 Å². The normalized spacial score (nSPS) is 17.9. The van der Waals surface area contributed by atoms with Crippen molar-refractivity contribution in [2.75, 3.05) is 66.6 Å². The van der Waals surface area contributed by atoms with E-state index in [2.05, 4.69) is 21.2 Å². The van der Waals surface area contributed by atoms with Crippen LogP contribution in [0.5, 0.6) is 11.5 Å². The summed E-state index contributed by atoms with van der Waals surface area (Å²) in [4.78, 5) is 30.3. The monoisotopic (exact) mass is 418 g/mol. The second kappa shape index (κ2) is 11.2. The molecule has 1 aromatic rings. The van der Waals surface area contributed by atoms with E-state index in [1.165, 1.54) is 5.56 Å². The number of benzene rings is 1. The molecule has 2 amide bonds. The zero-order chi connectivity index (χ0) is 21.3. The van der Waals surface area contributed by atoms with Gasteiger partial charge in [-0.25, -0.2) is 0 Å². The highest BCUT2D eigenvalue weighted by molar-refractivity contribution is 5.78. The van der Waals surface area contributed by atoms with Gasteiger partial charge in [-0.1, -0.05) is 6.07 Å². The number of hydrogen-bond donors (Lipinski definition) is 1. The molecule has 2 aliphatic heterocycles. The molecule has 2 fully saturated rings. The number of amides is 2. The molecule has 0 spiro atoms. The van der Waals surface area contributed by atoms with E-state index < -0.39 is 0 Å². The fourth-order valence-corrected chi connectivity index (χ4v) is 4.04. The van der Waals surface area contributed by atoms with Gasteiger partial charge >= 0.3 is 0 Å². The SMILES string of the molecule is COc1ccc(CN2CCN(CC(=O)NCCCN3CCCC3=O)CC2)cc1OC. The summed E-state index contributed by atoms with van der Waals surface area (Å²) >= 11 is 0. The molecule has 2 heterocycles. The fraction of sp³-hybridized carbons (Fsp3) is 0.636. The van der Waals surface area contributed by atoms with Crippen molar-refractivity contribution in [3.63, 3.8) is 0 Å². The molecule has 8 heteroatoms. The van der Waals surface area contributed by atoms with Gasteiger partial charge in [-0.05, 0) is 30.5 Å². The van der Waals surface area contributed by atoms with E-state index in [4.69, 9.17) is 9.47 Å². The summed E-state index contributed by atoms with van der Waals surface area (Å²) in [7, 11) is 3.29. The number of ether oxygens (including phenoxy) is 2. The molecule has 0 saturated carbocycles. The number of nitrogens with one attached hydrogen (secondary N) is 1. The summed E-state index contributed by atoms with van der Waals surface area (Å²) in [6.45, 7) is 7.14. The van der Waals surface area contributed by atoms with E-state index >= 15 is 0 Å². The summed E-state index contributed by atoms with van der Waals surface area (Å²) in [5, 5.41) is 2.99. The molecule has 3 rings (SSSR count). The molecule has 0 aliphatic carbocycles. The van der Waals surface area contributed by atoms with Crippen molar-refractivity contribution in [2.24, 2.45) is 0 Å². The number of nitrogens with zero attached hydrogens (tertiary/aromatic N) is 3. The van der Waals surface area contributed by atoms with Crippen LogP contribution in [0.1, 0.15) is 24.8 Å². The lowest BCUT2D eigenvalue weighted by atomic mass is 10.1. The van der Waals surface area contributed by atoms with Gasteiger partial charge in [0.05, 0.1) is 20.8 Å². The standard InChI is InChI=1S/C22H34N4O4/c1-29-19-7-6-18(15-20(19)30-2)16-24-11-13-25(14-12-24)17-21(27)23-8-4-10-26-9-3-5-22(26)28/h6-7,15H,3-5,8-14,16-17H2,1-2H3,(H,23,27). The number of piperazine rings is 1. The van der Waals surface area contributed by atoms with Gasteiger partial charge in [-0.2, -0.15) is 0 Å². The molecule has 0 unspecified atom stereocenters. The van der Waals surface area contributed by atoms with Crippen molar-refractivity contribution in [3.8, 4) is 11.5 Å². The topological polar surface area (TPSA) is 74.4 Å². The summed E-state index contributed by atoms with van der Waals surface area (Å²) in [5.74, 6) is 1.80. The van der Waals surface area contributed by atoms with Gasteiger partial charge in [0.25, 0.3) is 0 Å². The predicted molar refractivity (Wildman–Crippen MR) is 115 cm³/mol. The Hall–Kier alpha value is -2.32. The molecule has 0 radical (unpaired) electrons. The Morgan fingerprint density at radius 2 is 1.77 bits per heavy atom. The number of likely N-dealkylation sites (tertiary alicyclic amines) is 1. The van der Waals surface area contributed by atoms with Crippen LogP contribution in [-0.4, -0.2) is 93.1 Å².